The summed E-state index contributed by atoms with van der Waals surface area (Å²) < 4.78 is 5.55. The summed E-state index contributed by atoms with van der Waals surface area (Å²) in [7, 11) is 0. The van der Waals surface area contributed by atoms with Crippen molar-refractivity contribution in [2.75, 3.05) is 6.61 Å². The van der Waals surface area contributed by atoms with Crippen molar-refractivity contribution in [2.45, 2.75) is 40.2 Å². The number of hydrogen-bond acceptors (Lipinski definition) is 2. The summed E-state index contributed by atoms with van der Waals surface area (Å²) in [6.07, 6.45) is 0.930. The van der Waals surface area contributed by atoms with Gasteiger partial charge in [-0.05, 0) is 56.9 Å². The number of nitrogens with two attached hydrogens (primary N) is 1. The minimum atomic E-state index is 0.209. The largest absolute Gasteiger partial charge is 0.494 e. The van der Waals surface area contributed by atoms with Crippen LogP contribution in [0, 0.1) is 13.8 Å². The van der Waals surface area contributed by atoms with Crippen molar-refractivity contribution in [1.82, 2.24) is 0 Å². The van der Waals surface area contributed by atoms with Gasteiger partial charge in [0.1, 0.15) is 5.75 Å². The van der Waals surface area contributed by atoms with Gasteiger partial charge in [-0.1, -0.05) is 6.07 Å². The lowest BCUT2D eigenvalue weighted by atomic mass is 9.99. The summed E-state index contributed by atoms with van der Waals surface area (Å²) in [6.45, 7) is 8.94. The second-order valence-corrected chi connectivity index (χ2v) is 4.16. The van der Waals surface area contributed by atoms with Crippen LogP contribution in [0.3, 0.4) is 0 Å². The smallest absolute Gasteiger partial charge is 0.122 e. The Balaban J connectivity index is 2.97. The lowest BCUT2D eigenvalue weighted by Gasteiger charge is -2.13. The highest BCUT2D eigenvalue weighted by Crippen LogP contribution is 2.23. The van der Waals surface area contributed by atoms with Crippen molar-refractivity contribution in [2.24, 2.45) is 5.73 Å². The van der Waals surface area contributed by atoms with E-state index < -0.39 is 0 Å². The second kappa shape index (κ2) is 5.17. The molecular weight excluding hydrogens is 186 g/mol. The van der Waals surface area contributed by atoms with Crippen LogP contribution in [0.1, 0.15) is 30.5 Å². The van der Waals surface area contributed by atoms with Gasteiger partial charge in [0.2, 0.25) is 0 Å². The van der Waals surface area contributed by atoms with E-state index in [1.807, 2.05) is 13.8 Å². The summed E-state index contributed by atoms with van der Waals surface area (Å²) >= 11 is 0. The van der Waals surface area contributed by atoms with Crippen LogP contribution in [0.2, 0.25) is 0 Å². The standard InChI is InChI=1S/C13H21NO/c1-5-15-13-7-9(2)12(6-10(13)3)8-11(4)14/h6-7,11H,5,8,14H2,1-4H3. The third-order valence-electron chi connectivity index (χ3n) is 2.48. The molecule has 0 saturated heterocycles. The molecule has 15 heavy (non-hydrogen) atoms. The molecule has 0 aliphatic carbocycles. The molecule has 2 nitrogen and oxygen atoms in total. The maximum Gasteiger partial charge on any atom is 0.122 e. The number of rotatable bonds is 4. The molecule has 0 aliphatic heterocycles. The maximum atomic E-state index is 5.81. The monoisotopic (exact) mass is 207 g/mol. The molecule has 1 unspecified atom stereocenters. The third-order valence-corrected chi connectivity index (χ3v) is 2.48. The summed E-state index contributed by atoms with van der Waals surface area (Å²) in [5.74, 6) is 0.989. The van der Waals surface area contributed by atoms with Crippen LogP contribution in [-0.2, 0) is 6.42 Å². The van der Waals surface area contributed by atoms with E-state index in [0.29, 0.717) is 6.61 Å². The zero-order chi connectivity index (χ0) is 11.4. The lowest BCUT2D eigenvalue weighted by Crippen LogP contribution is -2.18. The maximum absolute atomic E-state index is 5.81. The fourth-order valence-corrected chi connectivity index (χ4v) is 1.73. The van der Waals surface area contributed by atoms with Gasteiger partial charge in [0.05, 0.1) is 6.61 Å². The van der Waals surface area contributed by atoms with Gasteiger partial charge in [-0.2, -0.15) is 0 Å². The Morgan fingerprint density at radius 2 is 1.93 bits per heavy atom. The van der Waals surface area contributed by atoms with E-state index in [1.54, 1.807) is 0 Å². The molecule has 0 fully saturated rings. The van der Waals surface area contributed by atoms with Crippen molar-refractivity contribution in [3.8, 4) is 5.75 Å². The summed E-state index contributed by atoms with van der Waals surface area (Å²) in [4.78, 5) is 0. The predicted octanol–water partition coefficient (Wildman–Crippen LogP) is 2.59. The minimum Gasteiger partial charge on any atom is -0.494 e. The first kappa shape index (κ1) is 12.1. The SMILES string of the molecule is CCOc1cc(C)c(CC(C)N)cc1C. The van der Waals surface area contributed by atoms with Crippen LogP contribution in [0.4, 0.5) is 0 Å². The Hall–Kier alpha value is -1.02. The molecule has 0 heterocycles. The molecule has 0 aliphatic rings. The van der Waals surface area contributed by atoms with E-state index in [4.69, 9.17) is 10.5 Å². The van der Waals surface area contributed by atoms with E-state index in [9.17, 15) is 0 Å². The minimum absolute atomic E-state index is 0.209. The molecule has 0 amide bonds. The van der Waals surface area contributed by atoms with Crippen LogP contribution >= 0.6 is 0 Å². The molecule has 84 valence electrons. The van der Waals surface area contributed by atoms with E-state index in [1.165, 1.54) is 16.7 Å². The molecule has 0 saturated carbocycles. The Labute approximate surface area is 92.4 Å². The average molecular weight is 207 g/mol. The van der Waals surface area contributed by atoms with Crippen molar-refractivity contribution in [3.05, 3.63) is 28.8 Å². The molecule has 0 aromatic heterocycles. The van der Waals surface area contributed by atoms with Gasteiger partial charge in [-0.15, -0.1) is 0 Å². The van der Waals surface area contributed by atoms with Crippen molar-refractivity contribution < 1.29 is 4.74 Å². The molecule has 1 rings (SSSR count). The van der Waals surface area contributed by atoms with Crippen LogP contribution in [0.25, 0.3) is 0 Å². The molecule has 1 atom stereocenters. The molecule has 1 aromatic rings. The molecule has 0 radical (unpaired) electrons. The number of aryl methyl sites for hydroxylation is 2. The average Bonchev–Trinajstić information content (AvgIpc) is 2.13. The molecule has 2 N–H and O–H groups in total. The first-order chi connectivity index (χ1) is 7.04. The fourth-order valence-electron chi connectivity index (χ4n) is 1.73. The first-order valence-electron chi connectivity index (χ1n) is 5.53. The van der Waals surface area contributed by atoms with E-state index >= 15 is 0 Å². The molecule has 0 spiro atoms. The van der Waals surface area contributed by atoms with Crippen LogP contribution < -0.4 is 10.5 Å². The van der Waals surface area contributed by atoms with Crippen molar-refractivity contribution in [3.63, 3.8) is 0 Å². The second-order valence-electron chi connectivity index (χ2n) is 4.16. The van der Waals surface area contributed by atoms with Crippen molar-refractivity contribution >= 4 is 0 Å². The van der Waals surface area contributed by atoms with E-state index in [-0.39, 0.29) is 6.04 Å². The third kappa shape index (κ3) is 3.24. The molecule has 0 bridgehead atoms. The quantitative estimate of drug-likeness (QED) is 0.823. The van der Waals surface area contributed by atoms with Gasteiger partial charge in [-0.25, -0.2) is 0 Å². The number of benzene rings is 1. The van der Waals surface area contributed by atoms with Crippen molar-refractivity contribution in [1.29, 1.82) is 0 Å². The Morgan fingerprint density at radius 3 is 2.47 bits per heavy atom. The van der Waals surface area contributed by atoms with E-state index in [2.05, 4.69) is 26.0 Å². The summed E-state index contributed by atoms with van der Waals surface area (Å²) in [6, 6.07) is 4.50. The zero-order valence-electron chi connectivity index (χ0n) is 10.1. The molecule has 2 heteroatoms. The Kier molecular flexibility index (Phi) is 4.15. The van der Waals surface area contributed by atoms with Crippen LogP contribution in [0.15, 0.2) is 12.1 Å². The van der Waals surface area contributed by atoms with E-state index in [0.717, 1.165) is 12.2 Å². The first-order valence-corrected chi connectivity index (χ1v) is 5.53. The van der Waals surface area contributed by atoms with Gasteiger partial charge in [0.15, 0.2) is 0 Å². The highest BCUT2D eigenvalue weighted by atomic mass is 16.5. The van der Waals surface area contributed by atoms with Gasteiger partial charge in [0, 0.05) is 6.04 Å². The van der Waals surface area contributed by atoms with Gasteiger partial charge in [0.25, 0.3) is 0 Å². The molecule has 1 aromatic carbocycles. The van der Waals surface area contributed by atoms with Crippen LogP contribution in [-0.4, -0.2) is 12.6 Å². The van der Waals surface area contributed by atoms with Gasteiger partial charge < -0.3 is 10.5 Å². The van der Waals surface area contributed by atoms with Crippen LogP contribution in [0.5, 0.6) is 5.75 Å². The number of ether oxygens (including phenoxy) is 1. The zero-order valence-corrected chi connectivity index (χ0v) is 10.1. The summed E-state index contributed by atoms with van der Waals surface area (Å²) in [5.41, 5.74) is 9.59. The Morgan fingerprint density at radius 1 is 1.27 bits per heavy atom. The highest BCUT2D eigenvalue weighted by molar-refractivity contribution is 5.41. The van der Waals surface area contributed by atoms with Gasteiger partial charge >= 0.3 is 0 Å². The number of hydrogen-bond donors (Lipinski definition) is 1. The Bertz CT molecular complexity index is 332. The lowest BCUT2D eigenvalue weighted by molar-refractivity contribution is 0.337. The normalized spacial score (nSPS) is 12.6. The summed E-state index contributed by atoms with van der Waals surface area (Å²) in [5, 5.41) is 0. The molecular formula is C13H21NO. The van der Waals surface area contributed by atoms with Gasteiger partial charge in [-0.3, -0.25) is 0 Å². The predicted molar refractivity (Wildman–Crippen MR) is 64.4 cm³/mol. The fraction of sp³-hybridized carbons (Fsp3) is 0.538. The topological polar surface area (TPSA) is 35.2 Å². The highest BCUT2D eigenvalue weighted by Gasteiger charge is 2.06.